The molecule has 1 fully saturated rings. The van der Waals surface area contributed by atoms with Crippen LogP contribution in [0.4, 0.5) is 0 Å². The first-order valence-electron chi connectivity index (χ1n) is 6.29. The third-order valence-electron chi connectivity index (χ3n) is 3.28. The number of likely N-dealkylation sites (tertiary alicyclic amines) is 1. The molecule has 3 rings (SSSR count). The van der Waals surface area contributed by atoms with Crippen molar-refractivity contribution in [1.82, 2.24) is 20.0 Å². The van der Waals surface area contributed by atoms with Gasteiger partial charge in [-0.3, -0.25) is 9.88 Å². The van der Waals surface area contributed by atoms with Crippen LogP contribution in [0.25, 0.3) is 0 Å². The van der Waals surface area contributed by atoms with Crippen molar-refractivity contribution in [2.24, 2.45) is 0 Å². The van der Waals surface area contributed by atoms with E-state index < -0.39 is 0 Å². The lowest BCUT2D eigenvalue weighted by Crippen LogP contribution is -2.27. The molecule has 0 N–H and O–H groups in total. The van der Waals surface area contributed by atoms with E-state index in [0.717, 1.165) is 18.7 Å². The summed E-state index contributed by atoms with van der Waals surface area (Å²) >= 11 is 0. The number of aromatic nitrogens is 3. The summed E-state index contributed by atoms with van der Waals surface area (Å²) in [5, 5.41) is 3.90. The molecule has 1 unspecified atom stereocenters. The van der Waals surface area contributed by atoms with Gasteiger partial charge in [0.25, 0.3) is 0 Å². The minimum Gasteiger partial charge on any atom is -0.337 e. The number of hydrogen-bond donors (Lipinski definition) is 0. The fraction of sp³-hybridized carbons (Fsp3) is 0.462. The summed E-state index contributed by atoms with van der Waals surface area (Å²) in [4.78, 5) is 11.0. The van der Waals surface area contributed by atoms with Gasteiger partial charge in [0.2, 0.25) is 5.89 Å². The maximum atomic E-state index is 5.36. The molecule has 0 spiro atoms. The van der Waals surface area contributed by atoms with Gasteiger partial charge in [-0.25, -0.2) is 0 Å². The summed E-state index contributed by atoms with van der Waals surface area (Å²) in [5.41, 5.74) is 1.11. The highest BCUT2D eigenvalue weighted by molar-refractivity contribution is 5.20. The molecule has 94 valence electrons. The van der Waals surface area contributed by atoms with Gasteiger partial charge >= 0.3 is 0 Å². The normalized spacial score (nSPS) is 18.1. The smallest absolute Gasteiger partial charge is 0.248 e. The number of rotatable bonds is 3. The van der Waals surface area contributed by atoms with Crippen LogP contribution in [0.2, 0.25) is 0 Å². The van der Waals surface area contributed by atoms with E-state index in [-0.39, 0.29) is 6.04 Å². The molecule has 1 saturated heterocycles. The summed E-state index contributed by atoms with van der Waals surface area (Å²) < 4.78 is 5.36. The lowest BCUT2D eigenvalue weighted by Gasteiger charge is -2.24. The molecule has 1 atom stereocenters. The standard InChI is InChI=1S/C13H16N4O/c1-10-15-13(18-16-10)12(17-7-2-3-8-17)11-5-4-6-14-9-11/h4-6,9,12H,2-3,7-8H2,1H3. The Labute approximate surface area is 106 Å². The summed E-state index contributed by atoms with van der Waals surface area (Å²) in [6.45, 7) is 3.99. The topological polar surface area (TPSA) is 55.1 Å². The van der Waals surface area contributed by atoms with E-state index >= 15 is 0 Å². The molecule has 2 aromatic heterocycles. The first kappa shape index (κ1) is 11.3. The molecule has 5 nitrogen and oxygen atoms in total. The minimum absolute atomic E-state index is 0.0439. The van der Waals surface area contributed by atoms with Crippen LogP contribution < -0.4 is 0 Å². The molecule has 5 heteroatoms. The van der Waals surface area contributed by atoms with Gasteiger partial charge in [0, 0.05) is 12.4 Å². The van der Waals surface area contributed by atoms with Crippen LogP contribution in [-0.2, 0) is 0 Å². The lowest BCUT2D eigenvalue weighted by atomic mass is 10.1. The van der Waals surface area contributed by atoms with Crippen molar-refractivity contribution < 1.29 is 4.52 Å². The second-order valence-corrected chi connectivity index (χ2v) is 4.61. The first-order valence-corrected chi connectivity index (χ1v) is 6.29. The van der Waals surface area contributed by atoms with Crippen molar-refractivity contribution in [1.29, 1.82) is 0 Å². The summed E-state index contributed by atoms with van der Waals surface area (Å²) in [5.74, 6) is 1.35. The Morgan fingerprint density at radius 1 is 1.33 bits per heavy atom. The molecule has 0 aliphatic carbocycles. The average Bonchev–Trinajstić information content (AvgIpc) is 3.04. The van der Waals surface area contributed by atoms with Gasteiger partial charge in [-0.05, 0) is 44.5 Å². The predicted octanol–water partition coefficient (Wildman–Crippen LogP) is 1.96. The second-order valence-electron chi connectivity index (χ2n) is 4.61. The molecule has 0 radical (unpaired) electrons. The quantitative estimate of drug-likeness (QED) is 0.826. The van der Waals surface area contributed by atoms with Crippen molar-refractivity contribution in [3.63, 3.8) is 0 Å². The molecule has 18 heavy (non-hydrogen) atoms. The SMILES string of the molecule is Cc1noc(C(c2cccnc2)N2CCCC2)n1. The van der Waals surface area contributed by atoms with Crippen molar-refractivity contribution in [2.45, 2.75) is 25.8 Å². The fourth-order valence-corrected chi connectivity index (χ4v) is 2.47. The third-order valence-corrected chi connectivity index (χ3v) is 3.28. The lowest BCUT2D eigenvalue weighted by molar-refractivity contribution is 0.224. The van der Waals surface area contributed by atoms with Crippen LogP contribution in [0, 0.1) is 6.92 Å². The molecule has 0 bridgehead atoms. The molecule has 0 aromatic carbocycles. The Morgan fingerprint density at radius 2 is 2.17 bits per heavy atom. The molecular weight excluding hydrogens is 228 g/mol. The monoisotopic (exact) mass is 244 g/mol. The highest BCUT2D eigenvalue weighted by Gasteiger charge is 2.29. The molecular formula is C13H16N4O. The zero-order chi connectivity index (χ0) is 12.4. The van der Waals surface area contributed by atoms with Gasteiger partial charge in [0.15, 0.2) is 5.82 Å². The molecule has 1 aliphatic heterocycles. The largest absolute Gasteiger partial charge is 0.337 e. The zero-order valence-electron chi connectivity index (χ0n) is 10.4. The Morgan fingerprint density at radius 3 is 2.78 bits per heavy atom. The summed E-state index contributed by atoms with van der Waals surface area (Å²) in [7, 11) is 0. The van der Waals surface area contributed by atoms with Gasteiger partial charge < -0.3 is 4.52 Å². The van der Waals surface area contributed by atoms with Crippen LogP contribution in [0.15, 0.2) is 29.0 Å². The minimum atomic E-state index is 0.0439. The van der Waals surface area contributed by atoms with Crippen LogP contribution in [0.5, 0.6) is 0 Å². The Balaban J connectivity index is 1.98. The highest BCUT2D eigenvalue weighted by atomic mass is 16.5. The second kappa shape index (κ2) is 4.86. The van der Waals surface area contributed by atoms with E-state index in [1.54, 1.807) is 6.20 Å². The first-order chi connectivity index (χ1) is 8.84. The van der Waals surface area contributed by atoms with Gasteiger partial charge in [-0.15, -0.1) is 0 Å². The van der Waals surface area contributed by atoms with Crippen LogP contribution in [-0.4, -0.2) is 33.1 Å². The maximum Gasteiger partial charge on any atom is 0.248 e. The summed E-state index contributed by atoms with van der Waals surface area (Å²) in [6, 6.07) is 4.05. The van der Waals surface area contributed by atoms with Crippen LogP contribution in [0.1, 0.15) is 36.2 Å². The van der Waals surface area contributed by atoms with E-state index in [1.165, 1.54) is 12.8 Å². The van der Waals surface area contributed by atoms with Crippen molar-refractivity contribution in [3.8, 4) is 0 Å². The fourth-order valence-electron chi connectivity index (χ4n) is 2.47. The Hall–Kier alpha value is -1.75. The number of hydrogen-bond acceptors (Lipinski definition) is 5. The zero-order valence-corrected chi connectivity index (χ0v) is 10.4. The van der Waals surface area contributed by atoms with E-state index in [2.05, 4.69) is 26.1 Å². The average molecular weight is 244 g/mol. The van der Waals surface area contributed by atoms with E-state index in [1.807, 2.05) is 19.2 Å². The van der Waals surface area contributed by atoms with Crippen LogP contribution in [0.3, 0.4) is 0 Å². The van der Waals surface area contributed by atoms with Gasteiger partial charge in [-0.1, -0.05) is 11.2 Å². The van der Waals surface area contributed by atoms with Crippen LogP contribution >= 0.6 is 0 Å². The summed E-state index contributed by atoms with van der Waals surface area (Å²) in [6.07, 6.45) is 6.11. The highest BCUT2D eigenvalue weighted by Crippen LogP contribution is 2.29. The molecule has 1 aliphatic rings. The Bertz CT molecular complexity index is 505. The molecule has 0 saturated carbocycles. The van der Waals surface area contributed by atoms with Gasteiger partial charge in [-0.2, -0.15) is 4.98 Å². The van der Waals surface area contributed by atoms with E-state index in [0.29, 0.717) is 11.7 Å². The molecule has 2 aromatic rings. The van der Waals surface area contributed by atoms with Crippen molar-refractivity contribution in [2.75, 3.05) is 13.1 Å². The maximum absolute atomic E-state index is 5.36. The Kier molecular flexibility index (Phi) is 3.06. The van der Waals surface area contributed by atoms with Gasteiger partial charge in [0.1, 0.15) is 6.04 Å². The van der Waals surface area contributed by atoms with Crippen molar-refractivity contribution in [3.05, 3.63) is 41.8 Å². The van der Waals surface area contributed by atoms with Crippen molar-refractivity contribution >= 4 is 0 Å². The number of aryl methyl sites for hydroxylation is 1. The third kappa shape index (κ3) is 2.13. The molecule has 0 amide bonds. The van der Waals surface area contributed by atoms with E-state index in [4.69, 9.17) is 4.52 Å². The number of pyridine rings is 1. The van der Waals surface area contributed by atoms with E-state index in [9.17, 15) is 0 Å². The predicted molar refractivity (Wildman–Crippen MR) is 65.9 cm³/mol. The number of nitrogens with zero attached hydrogens (tertiary/aromatic N) is 4. The molecule has 3 heterocycles. The van der Waals surface area contributed by atoms with Gasteiger partial charge in [0.05, 0.1) is 0 Å².